The fourth-order valence-corrected chi connectivity index (χ4v) is 3.38. The molecule has 96 valence electrons. The molecule has 1 aliphatic heterocycles. The first-order chi connectivity index (χ1) is 8.79. The van der Waals surface area contributed by atoms with Crippen LogP contribution in [-0.4, -0.2) is 38.2 Å². The van der Waals surface area contributed by atoms with E-state index in [0.29, 0.717) is 6.54 Å². The lowest BCUT2D eigenvalue weighted by Crippen LogP contribution is -2.38. The number of hydrogen-bond donors (Lipinski definition) is 1. The van der Waals surface area contributed by atoms with Crippen LogP contribution in [0.2, 0.25) is 0 Å². The average molecular weight is 264 g/mol. The summed E-state index contributed by atoms with van der Waals surface area (Å²) in [6.07, 6.45) is 1.98. The van der Waals surface area contributed by atoms with Crippen molar-refractivity contribution < 1.29 is 4.21 Å². The van der Waals surface area contributed by atoms with Crippen LogP contribution < -0.4 is 10.6 Å². The van der Waals surface area contributed by atoms with Crippen molar-refractivity contribution in [3.05, 3.63) is 30.1 Å². The molecular weight excluding hydrogens is 248 g/mol. The van der Waals surface area contributed by atoms with Crippen LogP contribution in [0.15, 0.2) is 24.4 Å². The highest BCUT2D eigenvalue weighted by atomic mass is 32.2. The zero-order valence-electron chi connectivity index (χ0n) is 10.1. The molecular formula is C12H16N4OS. The van der Waals surface area contributed by atoms with Gasteiger partial charge in [0.15, 0.2) is 5.82 Å². The summed E-state index contributed by atoms with van der Waals surface area (Å²) in [5.41, 5.74) is 7.79. The number of anilines is 1. The minimum Gasteiger partial charge on any atom is -0.353 e. The third kappa shape index (κ3) is 1.91. The van der Waals surface area contributed by atoms with Crippen molar-refractivity contribution in [3.63, 3.8) is 0 Å². The lowest BCUT2D eigenvalue weighted by Gasteiger charge is -2.27. The summed E-state index contributed by atoms with van der Waals surface area (Å²) in [5, 5.41) is 0. The van der Waals surface area contributed by atoms with Crippen molar-refractivity contribution in [1.82, 2.24) is 9.38 Å². The maximum atomic E-state index is 11.4. The predicted molar refractivity (Wildman–Crippen MR) is 73.2 cm³/mol. The van der Waals surface area contributed by atoms with E-state index in [2.05, 4.69) is 9.88 Å². The third-order valence-corrected chi connectivity index (χ3v) is 4.55. The summed E-state index contributed by atoms with van der Waals surface area (Å²) in [7, 11) is -0.668. The molecule has 0 unspecified atom stereocenters. The molecule has 0 spiro atoms. The number of nitrogens with zero attached hydrogens (tertiary/aromatic N) is 3. The monoisotopic (exact) mass is 264 g/mol. The van der Waals surface area contributed by atoms with E-state index >= 15 is 0 Å². The first-order valence-corrected chi connectivity index (χ1v) is 7.54. The Morgan fingerprint density at radius 1 is 1.33 bits per heavy atom. The summed E-state index contributed by atoms with van der Waals surface area (Å²) in [4.78, 5) is 6.83. The molecule has 2 N–H and O–H groups in total. The van der Waals surface area contributed by atoms with Crippen LogP contribution in [0.25, 0.3) is 5.65 Å². The minimum absolute atomic E-state index is 0.458. The standard InChI is InChI=1S/C12H16N4OS/c13-9-10-12(15-5-7-18(17)8-6-15)14-11-3-1-2-4-16(10)11/h1-4H,5-9,13H2. The smallest absolute Gasteiger partial charge is 0.152 e. The van der Waals surface area contributed by atoms with Gasteiger partial charge < -0.3 is 15.0 Å². The highest BCUT2D eigenvalue weighted by Gasteiger charge is 2.21. The second kappa shape index (κ2) is 4.70. The Balaban J connectivity index is 2.03. The molecule has 1 fully saturated rings. The van der Waals surface area contributed by atoms with Crippen molar-refractivity contribution in [2.45, 2.75) is 6.54 Å². The maximum absolute atomic E-state index is 11.4. The second-order valence-electron chi connectivity index (χ2n) is 4.35. The second-order valence-corrected chi connectivity index (χ2v) is 6.05. The topological polar surface area (TPSA) is 63.6 Å². The average Bonchev–Trinajstić information content (AvgIpc) is 2.78. The number of pyridine rings is 1. The summed E-state index contributed by atoms with van der Waals surface area (Å²) in [6, 6.07) is 5.92. The molecule has 0 saturated carbocycles. The van der Waals surface area contributed by atoms with Crippen molar-refractivity contribution in [1.29, 1.82) is 0 Å². The maximum Gasteiger partial charge on any atom is 0.152 e. The van der Waals surface area contributed by atoms with E-state index < -0.39 is 10.8 Å². The molecule has 6 heteroatoms. The van der Waals surface area contributed by atoms with E-state index in [9.17, 15) is 4.21 Å². The van der Waals surface area contributed by atoms with Gasteiger partial charge in [0, 0.05) is 48.1 Å². The Bertz CT molecular complexity index is 585. The first kappa shape index (κ1) is 11.7. The lowest BCUT2D eigenvalue weighted by atomic mass is 10.3. The van der Waals surface area contributed by atoms with E-state index in [1.54, 1.807) is 0 Å². The Morgan fingerprint density at radius 2 is 2.11 bits per heavy atom. The molecule has 1 saturated heterocycles. The molecule has 0 bridgehead atoms. The zero-order valence-corrected chi connectivity index (χ0v) is 10.9. The van der Waals surface area contributed by atoms with Gasteiger partial charge in [-0.25, -0.2) is 4.98 Å². The number of hydrogen-bond acceptors (Lipinski definition) is 4. The molecule has 18 heavy (non-hydrogen) atoms. The Kier molecular flexibility index (Phi) is 3.05. The fourth-order valence-electron chi connectivity index (χ4n) is 2.33. The van der Waals surface area contributed by atoms with Crippen LogP contribution in [0.5, 0.6) is 0 Å². The van der Waals surface area contributed by atoms with Crippen LogP contribution in [0.4, 0.5) is 5.82 Å². The van der Waals surface area contributed by atoms with Gasteiger partial charge in [0.05, 0.1) is 5.69 Å². The van der Waals surface area contributed by atoms with Gasteiger partial charge in [-0.15, -0.1) is 0 Å². The molecule has 1 aliphatic rings. The van der Waals surface area contributed by atoms with Gasteiger partial charge in [-0.2, -0.15) is 0 Å². The molecule has 0 amide bonds. The summed E-state index contributed by atoms with van der Waals surface area (Å²) < 4.78 is 13.4. The highest BCUT2D eigenvalue weighted by Crippen LogP contribution is 2.22. The Morgan fingerprint density at radius 3 is 2.83 bits per heavy atom. The van der Waals surface area contributed by atoms with E-state index in [4.69, 9.17) is 5.73 Å². The van der Waals surface area contributed by atoms with Crippen molar-refractivity contribution >= 4 is 22.3 Å². The first-order valence-electron chi connectivity index (χ1n) is 6.05. The minimum atomic E-state index is -0.668. The van der Waals surface area contributed by atoms with Crippen LogP contribution in [0.3, 0.4) is 0 Å². The SMILES string of the molecule is NCc1c(N2CCS(=O)CC2)nc2ccccn12. The molecule has 0 radical (unpaired) electrons. The number of aromatic nitrogens is 2. The third-order valence-electron chi connectivity index (χ3n) is 3.28. The predicted octanol–water partition coefficient (Wildman–Crippen LogP) is 0.362. The van der Waals surface area contributed by atoms with Gasteiger partial charge in [-0.3, -0.25) is 4.21 Å². The molecule has 0 aliphatic carbocycles. The van der Waals surface area contributed by atoms with Crippen molar-refractivity contribution in [2.75, 3.05) is 29.5 Å². The van der Waals surface area contributed by atoms with Crippen LogP contribution in [0, 0.1) is 0 Å². The van der Waals surface area contributed by atoms with Crippen molar-refractivity contribution in [3.8, 4) is 0 Å². The zero-order chi connectivity index (χ0) is 12.5. The summed E-state index contributed by atoms with van der Waals surface area (Å²) in [5.74, 6) is 2.39. The number of fused-ring (bicyclic) bond motifs is 1. The van der Waals surface area contributed by atoms with Crippen LogP contribution in [-0.2, 0) is 17.3 Å². The molecule has 0 aromatic carbocycles. The van der Waals surface area contributed by atoms with Crippen molar-refractivity contribution in [2.24, 2.45) is 5.73 Å². The lowest BCUT2D eigenvalue weighted by molar-refractivity contribution is 0.672. The number of nitrogens with two attached hydrogens (primary N) is 1. The van der Waals surface area contributed by atoms with E-state index in [1.807, 2.05) is 28.8 Å². The number of rotatable bonds is 2. The van der Waals surface area contributed by atoms with Gasteiger partial charge >= 0.3 is 0 Å². The molecule has 2 aromatic heterocycles. The fraction of sp³-hybridized carbons (Fsp3) is 0.417. The normalized spacial score (nSPS) is 17.5. The Hall–Kier alpha value is -1.40. The van der Waals surface area contributed by atoms with Crippen LogP contribution >= 0.6 is 0 Å². The van der Waals surface area contributed by atoms with Gasteiger partial charge in [0.2, 0.25) is 0 Å². The van der Waals surface area contributed by atoms with E-state index in [1.165, 1.54) is 0 Å². The molecule has 5 nitrogen and oxygen atoms in total. The van der Waals surface area contributed by atoms with Gasteiger partial charge in [0.25, 0.3) is 0 Å². The molecule has 3 rings (SSSR count). The Labute approximate surface area is 108 Å². The van der Waals surface area contributed by atoms with Gasteiger partial charge in [-0.1, -0.05) is 6.07 Å². The quantitative estimate of drug-likeness (QED) is 0.851. The van der Waals surface area contributed by atoms with Crippen LogP contribution in [0.1, 0.15) is 5.69 Å². The van der Waals surface area contributed by atoms with Gasteiger partial charge in [-0.05, 0) is 12.1 Å². The van der Waals surface area contributed by atoms with E-state index in [0.717, 1.165) is 41.8 Å². The van der Waals surface area contributed by atoms with Gasteiger partial charge in [0.1, 0.15) is 5.65 Å². The molecule has 3 heterocycles. The number of imidazole rings is 1. The van der Waals surface area contributed by atoms with E-state index in [-0.39, 0.29) is 0 Å². The summed E-state index contributed by atoms with van der Waals surface area (Å²) in [6.45, 7) is 2.05. The molecule has 2 aromatic rings. The largest absolute Gasteiger partial charge is 0.353 e. The highest BCUT2D eigenvalue weighted by molar-refractivity contribution is 7.85. The summed E-state index contributed by atoms with van der Waals surface area (Å²) >= 11 is 0. The molecule has 0 atom stereocenters.